The van der Waals surface area contributed by atoms with Gasteiger partial charge in [0.05, 0.1) is 6.54 Å². The van der Waals surface area contributed by atoms with Gasteiger partial charge in [0.15, 0.2) is 5.88 Å². The summed E-state index contributed by atoms with van der Waals surface area (Å²) in [6.45, 7) is 5.66. The van der Waals surface area contributed by atoms with Gasteiger partial charge in [-0.05, 0) is 26.8 Å². The molecule has 0 saturated heterocycles. The molecule has 0 aliphatic rings. The molecule has 1 rings (SSSR count). The molecule has 1 heterocycles. The van der Waals surface area contributed by atoms with E-state index in [4.69, 9.17) is 9.52 Å². The van der Waals surface area contributed by atoms with E-state index in [-0.39, 0.29) is 29.6 Å². The number of furan rings is 1. The van der Waals surface area contributed by atoms with Crippen LogP contribution >= 0.6 is 0 Å². The second kappa shape index (κ2) is 4.90. The van der Waals surface area contributed by atoms with E-state index in [2.05, 4.69) is 10.6 Å². The lowest BCUT2D eigenvalue weighted by Crippen LogP contribution is -2.43. The minimum atomic E-state index is -1.14. The Labute approximate surface area is 99.0 Å². The topological polar surface area (TPSA) is 91.6 Å². The highest BCUT2D eigenvalue weighted by atomic mass is 16.4. The number of carboxylic acids is 1. The van der Waals surface area contributed by atoms with Crippen LogP contribution in [0.25, 0.3) is 0 Å². The molecule has 3 N–H and O–H groups in total. The SMILES string of the molecule is CC(C)(C)NC(=O)CNc1ccc(C(=O)O)o1. The molecule has 1 aromatic rings. The fraction of sp³-hybridized carbons (Fsp3) is 0.455. The molecule has 0 atom stereocenters. The Hall–Kier alpha value is -1.98. The van der Waals surface area contributed by atoms with Gasteiger partial charge in [-0.15, -0.1) is 0 Å². The largest absolute Gasteiger partial charge is 0.475 e. The highest BCUT2D eigenvalue weighted by Crippen LogP contribution is 2.12. The van der Waals surface area contributed by atoms with Crippen LogP contribution in [0, 0.1) is 0 Å². The van der Waals surface area contributed by atoms with E-state index < -0.39 is 5.97 Å². The Morgan fingerprint density at radius 2 is 2.00 bits per heavy atom. The average molecular weight is 240 g/mol. The molecule has 17 heavy (non-hydrogen) atoms. The lowest BCUT2D eigenvalue weighted by molar-refractivity contribution is -0.120. The van der Waals surface area contributed by atoms with Crippen molar-refractivity contribution in [3.8, 4) is 0 Å². The third kappa shape index (κ3) is 4.58. The predicted molar refractivity (Wildman–Crippen MR) is 62.1 cm³/mol. The second-order valence-electron chi connectivity index (χ2n) is 4.62. The van der Waals surface area contributed by atoms with Gasteiger partial charge in [-0.25, -0.2) is 4.79 Å². The predicted octanol–water partition coefficient (Wildman–Crippen LogP) is 1.30. The number of carbonyl (C=O) groups excluding carboxylic acids is 1. The summed E-state index contributed by atoms with van der Waals surface area (Å²) in [5.41, 5.74) is -0.297. The fourth-order valence-electron chi connectivity index (χ4n) is 1.18. The molecule has 94 valence electrons. The van der Waals surface area contributed by atoms with Crippen molar-refractivity contribution in [1.29, 1.82) is 0 Å². The molecule has 0 aliphatic carbocycles. The van der Waals surface area contributed by atoms with E-state index in [1.54, 1.807) is 0 Å². The van der Waals surface area contributed by atoms with Crippen molar-refractivity contribution in [3.05, 3.63) is 17.9 Å². The maximum Gasteiger partial charge on any atom is 0.371 e. The highest BCUT2D eigenvalue weighted by molar-refractivity contribution is 5.85. The first-order valence-corrected chi connectivity index (χ1v) is 5.16. The summed E-state index contributed by atoms with van der Waals surface area (Å²) in [4.78, 5) is 22.0. The van der Waals surface area contributed by atoms with Crippen molar-refractivity contribution in [2.24, 2.45) is 0 Å². The standard InChI is InChI=1S/C11H16N2O4/c1-11(2,3)13-8(14)6-12-9-5-4-7(17-9)10(15)16/h4-5,12H,6H2,1-3H3,(H,13,14)(H,15,16). The first-order chi connectivity index (χ1) is 7.78. The second-order valence-corrected chi connectivity index (χ2v) is 4.62. The number of hydrogen-bond donors (Lipinski definition) is 3. The van der Waals surface area contributed by atoms with Crippen LogP contribution in [0.2, 0.25) is 0 Å². The minimum absolute atomic E-state index is 0.0316. The average Bonchev–Trinajstić information content (AvgIpc) is 2.60. The number of nitrogens with one attached hydrogen (secondary N) is 2. The van der Waals surface area contributed by atoms with E-state index in [1.807, 2.05) is 20.8 Å². The number of carboxylic acid groups (broad SMARTS) is 1. The molecule has 0 radical (unpaired) electrons. The van der Waals surface area contributed by atoms with Crippen LogP contribution in [-0.4, -0.2) is 29.1 Å². The van der Waals surface area contributed by atoms with Gasteiger partial charge in [0.2, 0.25) is 11.7 Å². The van der Waals surface area contributed by atoms with Crippen molar-refractivity contribution in [2.75, 3.05) is 11.9 Å². The van der Waals surface area contributed by atoms with Crippen molar-refractivity contribution in [1.82, 2.24) is 5.32 Å². The molecule has 0 bridgehead atoms. The highest BCUT2D eigenvalue weighted by Gasteiger charge is 2.14. The molecule has 0 aliphatic heterocycles. The lowest BCUT2D eigenvalue weighted by atomic mass is 10.1. The molecular weight excluding hydrogens is 224 g/mol. The summed E-state index contributed by atoms with van der Waals surface area (Å²) < 4.78 is 4.93. The molecule has 6 nitrogen and oxygen atoms in total. The van der Waals surface area contributed by atoms with Crippen LogP contribution in [0.15, 0.2) is 16.5 Å². The zero-order valence-corrected chi connectivity index (χ0v) is 10.0. The Balaban J connectivity index is 2.45. The van der Waals surface area contributed by atoms with Gasteiger partial charge in [-0.3, -0.25) is 4.79 Å². The summed E-state index contributed by atoms with van der Waals surface area (Å²) in [5, 5.41) is 14.1. The van der Waals surface area contributed by atoms with Crippen LogP contribution in [0.3, 0.4) is 0 Å². The molecule has 0 saturated carbocycles. The number of carbonyl (C=O) groups is 2. The lowest BCUT2D eigenvalue weighted by Gasteiger charge is -2.20. The molecule has 0 fully saturated rings. The maximum absolute atomic E-state index is 11.4. The number of amides is 1. The first-order valence-electron chi connectivity index (χ1n) is 5.16. The molecule has 6 heteroatoms. The van der Waals surface area contributed by atoms with Gasteiger partial charge >= 0.3 is 5.97 Å². The zero-order chi connectivity index (χ0) is 13.1. The van der Waals surface area contributed by atoms with Crippen LogP contribution in [0.1, 0.15) is 31.3 Å². The summed E-state index contributed by atoms with van der Waals surface area (Å²) in [7, 11) is 0. The number of anilines is 1. The number of aromatic carboxylic acids is 1. The van der Waals surface area contributed by atoms with Gasteiger partial charge < -0.3 is 20.2 Å². The normalized spacial score (nSPS) is 11.0. The number of rotatable bonds is 4. The Morgan fingerprint density at radius 3 is 2.47 bits per heavy atom. The van der Waals surface area contributed by atoms with E-state index >= 15 is 0 Å². The first kappa shape index (κ1) is 13.1. The number of hydrogen-bond acceptors (Lipinski definition) is 4. The van der Waals surface area contributed by atoms with Gasteiger partial charge in [0.1, 0.15) is 0 Å². The van der Waals surface area contributed by atoms with Gasteiger partial charge in [-0.1, -0.05) is 0 Å². The smallest absolute Gasteiger partial charge is 0.371 e. The Kier molecular flexibility index (Phi) is 3.77. The Bertz CT molecular complexity index is 417. The minimum Gasteiger partial charge on any atom is -0.475 e. The van der Waals surface area contributed by atoms with E-state index in [0.717, 1.165) is 0 Å². The maximum atomic E-state index is 11.4. The third-order valence-electron chi connectivity index (χ3n) is 1.75. The third-order valence-corrected chi connectivity index (χ3v) is 1.75. The van der Waals surface area contributed by atoms with Gasteiger partial charge in [-0.2, -0.15) is 0 Å². The Morgan fingerprint density at radius 1 is 1.35 bits per heavy atom. The van der Waals surface area contributed by atoms with Crippen LogP contribution in [-0.2, 0) is 4.79 Å². The van der Waals surface area contributed by atoms with Crippen LogP contribution < -0.4 is 10.6 Å². The van der Waals surface area contributed by atoms with E-state index in [0.29, 0.717) is 0 Å². The summed E-state index contributed by atoms with van der Waals surface area (Å²) in [6.07, 6.45) is 0. The molecule has 1 amide bonds. The molecule has 1 aromatic heterocycles. The van der Waals surface area contributed by atoms with Crippen LogP contribution in [0.4, 0.5) is 5.88 Å². The summed E-state index contributed by atoms with van der Waals surface area (Å²) in [6, 6.07) is 2.79. The quantitative estimate of drug-likeness (QED) is 0.738. The molecule has 0 unspecified atom stereocenters. The van der Waals surface area contributed by atoms with E-state index in [9.17, 15) is 9.59 Å². The molecule has 0 aromatic carbocycles. The molecule has 0 spiro atoms. The molecular formula is C11H16N2O4. The van der Waals surface area contributed by atoms with Crippen molar-refractivity contribution in [2.45, 2.75) is 26.3 Å². The summed E-state index contributed by atoms with van der Waals surface area (Å²) >= 11 is 0. The fourth-order valence-corrected chi connectivity index (χ4v) is 1.18. The van der Waals surface area contributed by atoms with Crippen molar-refractivity contribution in [3.63, 3.8) is 0 Å². The van der Waals surface area contributed by atoms with Crippen molar-refractivity contribution >= 4 is 17.8 Å². The van der Waals surface area contributed by atoms with Crippen LogP contribution in [0.5, 0.6) is 0 Å². The van der Waals surface area contributed by atoms with Crippen molar-refractivity contribution < 1.29 is 19.1 Å². The summed E-state index contributed by atoms with van der Waals surface area (Å²) in [5.74, 6) is -1.24. The van der Waals surface area contributed by atoms with Gasteiger partial charge in [0, 0.05) is 11.6 Å². The monoisotopic (exact) mass is 240 g/mol. The zero-order valence-electron chi connectivity index (χ0n) is 10.0. The van der Waals surface area contributed by atoms with E-state index in [1.165, 1.54) is 12.1 Å². The van der Waals surface area contributed by atoms with Gasteiger partial charge in [0.25, 0.3) is 0 Å².